The van der Waals surface area contributed by atoms with Crippen LogP contribution in [0.5, 0.6) is 0 Å². The number of anilines is 1. The summed E-state index contributed by atoms with van der Waals surface area (Å²) >= 11 is 11.3. The van der Waals surface area contributed by atoms with Crippen LogP contribution in [0.3, 0.4) is 0 Å². The van der Waals surface area contributed by atoms with E-state index >= 15 is 0 Å². The highest BCUT2D eigenvalue weighted by atomic mass is 79.9. The molecule has 0 saturated carbocycles. The molecule has 2 amide bonds. The Hall–Kier alpha value is -1.48. The SMILES string of the molecule is O=C(CN1C(=O)/C(=C/c2cccs2)SC1=S)Nc1ccc(Br)cc1. The van der Waals surface area contributed by atoms with Gasteiger partial charge in [0.2, 0.25) is 5.91 Å². The van der Waals surface area contributed by atoms with Crippen molar-refractivity contribution in [2.24, 2.45) is 0 Å². The molecule has 4 nitrogen and oxygen atoms in total. The van der Waals surface area contributed by atoms with E-state index in [0.717, 1.165) is 9.35 Å². The van der Waals surface area contributed by atoms with Crippen molar-refractivity contribution in [2.45, 2.75) is 0 Å². The van der Waals surface area contributed by atoms with Gasteiger partial charge in [-0.15, -0.1) is 11.3 Å². The largest absolute Gasteiger partial charge is 0.325 e. The molecule has 0 unspecified atom stereocenters. The van der Waals surface area contributed by atoms with E-state index in [-0.39, 0.29) is 18.4 Å². The second-order valence-electron chi connectivity index (χ2n) is 4.84. The van der Waals surface area contributed by atoms with Crippen LogP contribution >= 0.6 is 51.2 Å². The van der Waals surface area contributed by atoms with Crippen molar-refractivity contribution in [3.8, 4) is 0 Å². The van der Waals surface area contributed by atoms with Crippen molar-refractivity contribution in [1.82, 2.24) is 4.90 Å². The minimum atomic E-state index is -0.286. The molecule has 1 aliphatic heterocycles. The summed E-state index contributed by atoms with van der Waals surface area (Å²) in [7, 11) is 0. The normalized spacial score (nSPS) is 16.0. The molecule has 2 heterocycles. The van der Waals surface area contributed by atoms with Gasteiger partial charge in [-0.05, 0) is 41.8 Å². The zero-order valence-electron chi connectivity index (χ0n) is 12.2. The molecule has 8 heteroatoms. The van der Waals surface area contributed by atoms with Crippen molar-refractivity contribution >= 4 is 79.1 Å². The number of rotatable bonds is 4. The number of thioether (sulfide) groups is 1. The maximum Gasteiger partial charge on any atom is 0.266 e. The molecule has 2 aromatic rings. The fraction of sp³-hybridized carbons (Fsp3) is 0.0625. The standard InChI is InChI=1S/C16H11BrN2O2S3/c17-10-3-5-11(6-4-10)18-14(20)9-19-15(21)13(24-16(19)22)8-12-2-1-7-23-12/h1-8H,9H2,(H,18,20)/b13-8-. The molecule has 1 saturated heterocycles. The van der Waals surface area contributed by atoms with Gasteiger partial charge in [-0.2, -0.15) is 0 Å². The van der Waals surface area contributed by atoms with Crippen molar-refractivity contribution in [1.29, 1.82) is 0 Å². The summed E-state index contributed by atoms with van der Waals surface area (Å²) in [6.45, 7) is -0.0947. The first-order valence-corrected chi connectivity index (χ1v) is 9.77. The highest BCUT2D eigenvalue weighted by Crippen LogP contribution is 2.33. The zero-order chi connectivity index (χ0) is 17.1. The van der Waals surface area contributed by atoms with Gasteiger partial charge in [0.05, 0.1) is 4.91 Å². The van der Waals surface area contributed by atoms with Crippen LogP contribution in [0.15, 0.2) is 51.2 Å². The van der Waals surface area contributed by atoms with Crippen LogP contribution < -0.4 is 5.32 Å². The predicted molar refractivity (Wildman–Crippen MR) is 107 cm³/mol. The first-order chi connectivity index (χ1) is 11.5. The molecule has 0 bridgehead atoms. The van der Waals surface area contributed by atoms with Gasteiger partial charge in [-0.25, -0.2) is 0 Å². The number of thiocarbonyl (C=S) groups is 1. The molecule has 24 heavy (non-hydrogen) atoms. The Kier molecular flexibility index (Phi) is 5.50. The number of amides is 2. The topological polar surface area (TPSA) is 49.4 Å². The molecule has 3 rings (SSSR count). The smallest absolute Gasteiger partial charge is 0.266 e. The van der Waals surface area contributed by atoms with E-state index in [2.05, 4.69) is 21.2 Å². The Bertz CT molecular complexity index is 816. The Balaban J connectivity index is 1.66. The van der Waals surface area contributed by atoms with Crippen molar-refractivity contribution < 1.29 is 9.59 Å². The summed E-state index contributed by atoms with van der Waals surface area (Å²) in [6, 6.07) is 11.1. The molecule has 0 radical (unpaired) electrons. The van der Waals surface area contributed by atoms with Crippen LogP contribution in [0.2, 0.25) is 0 Å². The summed E-state index contributed by atoms with van der Waals surface area (Å²) in [5, 5.41) is 4.70. The average molecular weight is 439 g/mol. The first-order valence-electron chi connectivity index (χ1n) is 6.87. The molecular weight excluding hydrogens is 428 g/mol. The molecule has 1 aliphatic rings. The van der Waals surface area contributed by atoms with E-state index in [4.69, 9.17) is 12.2 Å². The maximum absolute atomic E-state index is 12.4. The summed E-state index contributed by atoms with van der Waals surface area (Å²) in [5.74, 6) is -0.518. The van der Waals surface area contributed by atoms with E-state index in [1.165, 1.54) is 16.7 Å². The zero-order valence-corrected chi connectivity index (χ0v) is 16.2. The van der Waals surface area contributed by atoms with Crippen molar-refractivity contribution in [3.05, 3.63) is 56.0 Å². The Morgan fingerprint density at radius 1 is 1.29 bits per heavy atom. The molecular formula is C16H11BrN2O2S3. The highest BCUT2D eigenvalue weighted by molar-refractivity contribution is 9.10. The fourth-order valence-corrected chi connectivity index (χ4v) is 4.26. The van der Waals surface area contributed by atoms with Crippen LogP contribution in [-0.2, 0) is 9.59 Å². The monoisotopic (exact) mass is 438 g/mol. The van der Waals surface area contributed by atoms with E-state index in [1.807, 2.05) is 29.6 Å². The third-order valence-electron chi connectivity index (χ3n) is 3.12. The minimum absolute atomic E-state index is 0.0947. The van der Waals surface area contributed by atoms with E-state index in [9.17, 15) is 9.59 Å². The summed E-state index contributed by atoms with van der Waals surface area (Å²) < 4.78 is 1.32. The third kappa shape index (κ3) is 4.13. The van der Waals surface area contributed by atoms with Gasteiger partial charge >= 0.3 is 0 Å². The van der Waals surface area contributed by atoms with Crippen LogP contribution in [0.4, 0.5) is 5.69 Å². The molecule has 1 aromatic carbocycles. The molecule has 0 atom stereocenters. The Morgan fingerprint density at radius 2 is 2.04 bits per heavy atom. The first kappa shape index (κ1) is 17.3. The highest BCUT2D eigenvalue weighted by Gasteiger charge is 2.33. The summed E-state index contributed by atoms with van der Waals surface area (Å²) in [5.41, 5.74) is 0.669. The summed E-state index contributed by atoms with van der Waals surface area (Å²) in [6.07, 6.45) is 1.80. The van der Waals surface area contributed by atoms with Crippen LogP contribution in [0.25, 0.3) is 6.08 Å². The van der Waals surface area contributed by atoms with Gasteiger partial charge in [0.15, 0.2) is 0 Å². The van der Waals surface area contributed by atoms with Crippen molar-refractivity contribution in [3.63, 3.8) is 0 Å². The number of hydrogen-bond donors (Lipinski definition) is 1. The second kappa shape index (κ2) is 7.60. The maximum atomic E-state index is 12.4. The number of carbonyl (C=O) groups excluding carboxylic acids is 2. The number of carbonyl (C=O) groups is 2. The van der Waals surface area contributed by atoms with Crippen LogP contribution in [0.1, 0.15) is 4.88 Å². The lowest BCUT2D eigenvalue weighted by Crippen LogP contribution is -2.36. The van der Waals surface area contributed by atoms with Gasteiger partial charge in [-0.1, -0.05) is 46.0 Å². The lowest BCUT2D eigenvalue weighted by Gasteiger charge is -2.14. The van der Waals surface area contributed by atoms with Gasteiger partial charge in [0.1, 0.15) is 10.9 Å². The number of nitrogens with zero attached hydrogens (tertiary/aromatic N) is 1. The molecule has 1 N–H and O–H groups in total. The lowest BCUT2D eigenvalue weighted by atomic mass is 10.3. The molecule has 0 spiro atoms. The molecule has 0 aliphatic carbocycles. The van der Waals surface area contributed by atoms with Gasteiger partial charge < -0.3 is 5.32 Å². The summed E-state index contributed by atoms with van der Waals surface area (Å²) in [4.78, 5) is 27.5. The number of benzene rings is 1. The quantitative estimate of drug-likeness (QED) is 0.569. The fourth-order valence-electron chi connectivity index (χ4n) is 2.02. The van der Waals surface area contributed by atoms with E-state index < -0.39 is 0 Å². The lowest BCUT2D eigenvalue weighted by molar-refractivity contribution is -0.126. The van der Waals surface area contributed by atoms with E-state index in [0.29, 0.717) is 14.9 Å². The number of halogens is 1. The molecule has 1 fully saturated rings. The number of thiophene rings is 1. The number of nitrogens with one attached hydrogen (secondary N) is 1. The Morgan fingerprint density at radius 3 is 2.71 bits per heavy atom. The third-order valence-corrected chi connectivity index (χ3v) is 5.85. The minimum Gasteiger partial charge on any atom is -0.325 e. The number of hydrogen-bond acceptors (Lipinski definition) is 5. The van der Waals surface area contributed by atoms with Crippen LogP contribution in [0, 0.1) is 0 Å². The van der Waals surface area contributed by atoms with Gasteiger partial charge in [0.25, 0.3) is 5.91 Å². The van der Waals surface area contributed by atoms with Gasteiger partial charge in [-0.3, -0.25) is 14.5 Å². The Labute approximate surface area is 161 Å². The van der Waals surface area contributed by atoms with Crippen LogP contribution in [-0.4, -0.2) is 27.6 Å². The predicted octanol–water partition coefficient (Wildman–Crippen LogP) is 4.35. The van der Waals surface area contributed by atoms with E-state index in [1.54, 1.807) is 29.5 Å². The average Bonchev–Trinajstić information content (AvgIpc) is 3.14. The molecule has 1 aromatic heterocycles. The van der Waals surface area contributed by atoms with Gasteiger partial charge in [0, 0.05) is 15.0 Å². The second-order valence-corrected chi connectivity index (χ2v) is 8.41. The van der Waals surface area contributed by atoms with Crippen molar-refractivity contribution in [2.75, 3.05) is 11.9 Å². The molecule has 122 valence electrons.